The van der Waals surface area contributed by atoms with Gasteiger partial charge in [-0.25, -0.2) is 4.39 Å². The summed E-state index contributed by atoms with van der Waals surface area (Å²) in [6.45, 7) is 2.22. The van der Waals surface area contributed by atoms with Crippen LogP contribution in [0.4, 0.5) is 4.39 Å². The number of hydrogen-bond acceptors (Lipinski definition) is 2. The normalized spacial score (nSPS) is 12.7. The summed E-state index contributed by atoms with van der Waals surface area (Å²) in [6.07, 6.45) is 3.50. The molecule has 3 nitrogen and oxygen atoms in total. The van der Waals surface area contributed by atoms with E-state index in [9.17, 15) is 4.39 Å². The summed E-state index contributed by atoms with van der Waals surface area (Å²) in [4.78, 5) is 0. The molecule has 1 aromatic carbocycles. The topological polar surface area (TPSA) is 43.8 Å². The molecule has 0 radical (unpaired) electrons. The van der Waals surface area contributed by atoms with Crippen molar-refractivity contribution in [1.29, 1.82) is 0 Å². The summed E-state index contributed by atoms with van der Waals surface area (Å²) < 4.78 is 15.1. The second-order valence-corrected chi connectivity index (χ2v) is 4.43. The largest absolute Gasteiger partial charge is 0.324 e. The van der Waals surface area contributed by atoms with Crippen LogP contribution in [0.15, 0.2) is 30.6 Å². The first kappa shape index (κ1) is 12.1. The van der Waals surface area contributed by atoms with E-state index in [0.717, 1.165) is 5.56 Å². The van der Waals surface area contributed by atoms with E-state index in [4.69, 9.17) is 17.3 Å². The van der Waals surface area contributed by atoms with Crippen LogP contribution < -0.4 is 5.73 Å². The molecule has 1 atom stereocenters. The van der Waals surface area contributed by atoms with E-state index in [1.165, 1.54) is 12.1 Å². The van der Waals surface area contributed by atoms with Gasteiger partial charge in [0, 0.05) is 28.4 Å². The van der Waals surface area contributed by atoms with Gasteiger partial charge in [0.15, 0.2) is 0 Å². The molecule has 1 aromatic heterocycles. The highest BCUT2D eigenvalue weighted by molar-refractivity contribution is 6.30. The number of rotatable bonds is 3. The lowest BCUT2D eigenvalue weighted by Gasteiger charge is -2.04. The Morgan fingerprint density at radius 3 is 2.94 bits per heavy atom. The molecule has 0 saturated carbocycles. The van der Waals surface area contributed by atoms with Gasteiger partial charge in [0.25, 0.3) is 0 Å². The summed E-state index contributed by atoms with van der Waals surface area (Å²) in [5.74, 6) is -0.285. The SMILES string of the molecule is C[C@@H](N)c1cnn(Cc2cc(Cl)ccc2F)c1. The lowest BCUT2D eigenvalue weighted by Crippen LogP contribution is -2.04. The zero-order chi connectivity index (χ0) is 12.4. The van der Waals surface area contributed by atoms with Crippen molar-refractivity contribution in [1.82, 2.24) is 9.78 Å². The van der Waals surface area contributed by atoms with Crippen LogP contribution in [0, 0.1) is 5.82 Å². The highest BCUT2D eigenvalue weighted by Crippen LogP contribution is 2.16. The molecule has 0 bridgehead atoms. The molecule has 17 heavy (non-hydrogen) atoms. The van der Waals surface area contributed by atoms with Crippen LogP contribution in [0.3, 0.4) is 0 Å². The van der Waals surface area contributed by atoms with Gasteiger partial charge in [0.05, 0.1) is 12.7 Å². The monoisotopic (exact) mass is 253 g/mol. The highest BCUT2D eigenvalue weighted by Gasteiger charge is 2.07. The van der Waals surface area contributed by atoms with Crippen molar-refractivity contribution >= 4 is 11.6 Å². The number of benzene rings is 1. The minimum atomic E-state index is -0.285. The zero-order valence-corrected chi connectivity index (χ0v) is 10.2. The fraction of sp³-hybridized carbons (Fsp3) is 0.250. The average Bonchev–Trinajstić information content (AvgIpc) is 2.72. The maximum atomic E-state index is 13.5. The van der Waals surface area contributed by atoms with Gasteiger partial charge in [-0.2, -0.15) is 5.10 Å². The predicted octanol–water partition coefficient (Wildman–Crippen LogP) is 2.74. The maximum Gasteiger partial charge on any atom is 0.128 e. The van der Waals surface area contributed by atoms with Crippen LogP contribution in [0.1, 0.15) is 24.1 Å². The molecule has 0 unspecified atom stereocenters. The molecule has 0 amide bonds. The third-order valence-corrected chi connectivity index (χ3v) is 2.75. The minimum Gasteiger partial charge on any atom is -0.324 e. The van der Waals surface area contributed by atoms with Gasteiger partial charge in [-0.15, -0.1) is 0 Å². The average molecular weight is 254 g/mol. The Morgan fingerprint density at radius 1 is 1.53 bits per heavy atom. The van der Waals surface area contributed by atoms with Crippen LogP contribution >= 0.6 is 11.6 Å². The Morgan fingerprint density at radius 2 is 2.29 bits per heavy atom. The smallest absolute Gasteiger partial charge is 0.128 e. The van der Waals surface area contributed by atoms with E-state index in [1.54, 1.807) is 16.9 Å². The van der Waals surface area contributed by atoms with Crippen LogP contribution in [-0.2, 0) is 6.54 Å². The maximum absolute atomic E-state index is 13.5. The molecule has 0 aliphatic rings. The van der Waals surface area contributed by atoms with E-state index in [1.807, 2.05) is 13.1 Å². The van der Waals surface area contributed by atoms with Gasteiger partial charge >= 0.3 is 0 Å². The molecule has 0 saturated heterocycles. The molecule has 5 heteroatoms. The highest BCUT2D eigenvalue weighted by atomic mass is 35.5. The standard InChI is InChI=1S/C12H13ClFN3/c1-8(15)10-5-16-17(7-10)6-9-4-11(13)2-3-12(9)14/h2-5,7-8H,6,15H2,1H3/t8-/m1/s1. The first-order valence-electron chi connectivity index (χ1n) is 5.28. The van der Waals surface area contributed by atoms with Crippen molar-refractivity contribution in [3.05, 3.63) is 52.6 Å². The van der Waals surface area contributed by atoms with Crippen molar-refractivity contribution < 1.29 is 4.39 Å². The fourth-order valence-corrected chi connectivity index (χ4v) is 1.73. The van der Waals surface area contributed by atoms with Crippen LogP contribution in [0.2, 0.25) is 5.02 Å². The van der Waals surface area contributed by atoms with Gasteiger partial charge in [-0.05, 0) is 25.1 Å². The van der Waals surface area contributed by atoms with E-state index >= 15 is 0 Å². The molecule has 90 valence electrons. The fourth-order valence-electron chi connectivity index (χ4n) is 1.54. The van der Waals surface area contributed by atoms with Crippen molar-refractivity contribution in [2.45, 2.75) is 19.5 Å². The van der Waals surface area contributed by atoms with Crippen molar-refractivity contribution in [3.63, 3.8) is 0 Å². The second kappa shape index (κ2) is 4.85. The first-order chi connectivity index (χ1) is 8.06. The summed E-state index contributed by atoms with van der Waals surface area (Å²) in [5.41, 5.74) is 7.16. The number of hydrogen-bond donors (Lipinski definition) is 1. The summed E-state index contributed by atoms with van der Waals surface area (Å²) >= 11 is 5.82. The molecule has 0 aliphatic heterocycles. The Labute approximate surface area is 104 Å². The van der Waals surface area contributed by atoms with Gasteiger partial charge < -0.3 is 5.73 Å². The number of nitrogens with zero attached hydrogens (tertiary/aromatic N) is 2. The molecule has 1 heterocycles. The van der Waals surface area contributed by atoms with Gasteiger partial charge in [-0.1, -0.05) is 11.6 Å². The molecular formula is C12H13ClFN3. The Kier molecular flexibility index (Phi) is 3.45. The summed E-state index contributed by atoms with van der Waals surface area (Å²) in [7, 11) is 0. The Bertz CT molecular complexity index is 522. The Hall–Kier alpha value is -1.39. The first-order valence-corrected chi connectivity index (χ1v) is 5.66. The third kappa shape index (κ3) is 2.84. The van der Waals surface area contributed by atoms with Gasteiger partial charge in [0.2, 0.25) is 0 Å². The molecule has 0 aliphatic carbocycles. The van der Waals surface area contributed by atoms with Crippen molar-refractivity contribution in [3.8, 4) is 0 Å². The molecule has 2 aromatic rings. The zero-order valence-electron chi connectivity index (χ0n) is 9.40. The molecule has 2 rings (SSSR count). The van der Waals surface area contributed by atoms with Gasteiger partial charge in [-0.3, -0.25) is 4.68 Å². The molecular weight excluding hydrogens is 241 g/mol. The van der Waals surface area contributed by atoms with Gasteiger partial charge in [0.1, 0.15) is 5.82 Å². The predicted molar refractivity (Wildman–Crippen MR) is 65.3 cm³/mol. The van der Waals surface area contributed by atoms with Crippen molar-refractivity contribution in [2.75, 3.05) is 0 Å². The van der Waals surface area contributed by atoms with E-state index in [-0.39, 0.29) is 11.9 Å². The molecule has 0 fully saturated rings. The third-order valence-electron chi connectivity index (χ3n) is 2.52. The number of halogens is 2. The second-order valence-electron chi connectivity index (χ2n) is 4.00. The summed E-state index contributed by atoms with van der Waals surface area (Å²) in [5, 5.41) is 4.65. The van der Waals surface area contributed by atoms with Crippen molar-refractivity contribution in [2.24, 2.45) is 5.73 Å². The minimum absolute atomic E-state index is 0.0760. The quantitative estimate of drug-likeness (QED) is 0.914. The van der Waals surface area contributed by atoms with E-state index in [0.29, 0.717) is 17.1 Å². The van der Waals surface area contributed by atoms with E-state index < -0.39 is 0 Å². The lowest BCUT2D eigenvalue weighted by molar-refractivity contribution is 0.585. The summed E-state index contributed by atoms with van der Waals surface area (Å²) in [6, 6.07) is 4.40. The number of aromatic nitrogens is 2. The van der Waals surface area contributed by atoms with Crippen LogP contribution in [-0.4, -0.2) is 9.78 Å². The number of nitrogens with two attached hydrogens (primary N) is 1. The van der Waals surface area contributed by atoms with E-state index in [2.05, 4.69) is 5.10 Å². The van der Waals surface area contributed by atoms with Crippen LogP contribution in [0.25, 0.3) is 0 Å². The molecule has 2 N–H and O–H groups in total. The molecule has 0 spiro atoms. The Balaban J connectivity index is 2.22. The lowest BCUT2D eigenvalue weighted by atomic mass is 10.2. The van der Waals surface area contributed by atoms with Crippen LogP contribution in [0.5, 0.6) is 0 Å².